The molecule has 0 saturated carbocycles. The lowest BCUT2D eigenvalue weighted by Crippen LogP contribution is -2.62. The van der Waals surface area contributed by atoms with E-state index in [0.717, 1.165) is 16.7 Å². The van der Waals surface area contributed by atoms with Crippen LogP contribution < -0.4 is 10.2 Å². The second-order valence-electron chi connectivity index (χ2n) is 4.33. The monoisotopic (exact) mass is 283 g/mol. The van der Waals surface area contributed by atoms with E-state index >= 15 is 0 Å². The van der Waals surface area contributed by atoms with Crippen LogP contribution in [0.4, 0.5) is 5.69 Å². The maximum absolute atomic E-state index is 11.8. The van der Waals surface area contributed by atoms with Crippen LogP contribution in [0.25, 0.3) is 0 Å². The average molecular weight is 284 g/mol. The molecule has 4 nitrogen and oxygen atoms in total. The van der Waals surface area contributed by atoms with Crippen LogP contribution in [0, 0.1) is 0 Å². The highest BCUT2D eigenvalue weighted by atomic mass is 79.9. The van der Waals surface area contributed by atoms with Crippen LogP contribution in [0.2, 0.25) is 0 Å². The van der Waals surface area contributed by atoms with Gasteiger partial charge in [-0.3, -0.25) is 9.78 Å². The SMILES string of the molecule is CC1(C)C(=O)NCCN1c1cncc(Br)c1. The summed E-state index contributed by atoms with van der Waals surface area (Å²) in [6.07, 6.45) is 3.52. The number of piperazine rings is 1. The molecule has 2 heterocycles. The second kappa shape index (κ2) is 4.05. The molecule has 16 heavy (non-hydrogen) atoms. The lowest BCUT2D eigenvalue weighted by molar-refractivity contribution is -0.126. The highest BCUT2D eigenvalue weighted by Gasteiger charge is 2.37. The summed E-state index contributed by atoms with van der Waals surface area (Å²) in [5, 5.41) is 2.87. The van der Waals surface area contributed by atoms with E-state index in [-0.39, 0.29) is 5.91 Å². The first-order valence-corrected chi connectivity index (χ1v) is 5.97. The summed E-state index contributed by atoms with van der Waals surface area (Å²) < 4.78 is 0.923. The molecule has 0 aromatic carbocycles. The lowest BCUT2D eigenvalue weighted by Gasteiger charge is -2.42. The zero-order chi connectivity index (χ0) is 11.8. The van der Waals surface area contributed by atoms with Crippen LogP contribution in [-0.4, -0.2) is 29.5 Å². The van der Waals surface area contributed by atoms with Gasteiger partial charge in [-0.05, 0) is 35.8 Å². The molecule has 5 heteroatoms. The van der Waals surface area contributed by atoms with Crippen molar-refractivity contribution in [1.82, 2.24) is 10.3 Å². The van der Waals surface area contributed by atoms with Gasteiger partial charge in [0, 0.05) is 23.8 Å². The number of amides is 1. The normalized spacial score (nSPS) is 19.4. The number of nitrogens with one attached hydrogen (secondary N) is 1. The maximum atomic E-state index is 11.8. The molecule has 0 aliphatic carbocycles. The summed E-state index contributed by atoms with van der Waals surface area (Å²) in [4.78, 5) is 18.0. The molecular formula is C11H14BrN3O. The first kappa shape index (κ1) is 11.4. The molecule has 0 bridgehead atoms. The summed E-state index contributed by atoms with van der Waals surface area (Å²) in [6, 6.07) is 1.98. The third-order valence-electron chi connectivity index (χ3n) is 2.85. The molecule has 1 aromatic heterocycles. The number of pyridine rings is 1. The molecule has 1 saturated heterocycles. The molecule has 1 aliphatic heterocycles. The molecule has 1 N–H and O–H groups in total. The van der Waals surface area contributed by atoms with Gasteiger partial charge in [0.1, 0.15) is 5.54 Å². The van der Waals surface area contributed by atoms with E-state index in [9.17, 15) is 4.79 Å². The minimum atomic E-state index is -0.527. The summed E-state index contributed by atoms with van der Waals surface area (Å²) in [5.74, 6) is 0.0544. The Labute approximate surface area is 103 Å². The van der Waals surface area contributed by atoms with Gasteiger partial charge in [-0.2, -0.15) is 0 Å². The van der Waals surface area contributed by atoms with Crippen molar-refractivity contribution >= 4 is 27.5 Å². The van der Waals surface area contributed by atoms with Gasteiger partial charge < -0.3 is 10.2 Å². The molecule has 0 atom stereocenters. The molecule has 2 rings (SSSR count). The van der Waals surface area contributed by atoms with Crippen molar-refractivity contribution in [3.8, 4) is 0 Å². The fraction of sp³-hybridized carbons (Fsp3) is 0.455. The topological polar surface area (TPSA) is 45.2 Å². The minimum absolute atomic E-state index is 0.0544. The Kier molecular flexibility index (Phi) is 2.88. The standard InChI is InChI=1S/C11H14BrN3O/c1-11(2)10(16)14-3-4-15(11)9-5-8(12)6-13-7-9/h5-7H,3-4H2,1-2H3,(H,14,16). The second-order valence-corrected chi connectivity index (χ2v) is 5.24. The molecular weight excluding hydrogens is 270 g/mol. The number of halogens is 1. The van der Waals surface area contributed by atoms with E-state index in [1.165, 1.54) is 0 Å². The van der Waals surface area contributed by atoms with Crippen LogP contribution >= 0.6 is 15.9 Å². The predicted molar refractivity (Wildman–Crippen MR) is 66.4 cm³/mol. The van der Waals surface area contributed by atoms with E-state index in [1.54, 1.807) is 12.4 Å². The fourth-order valence-corrected chi connectivity index (χ4v) is 2.25. The highest BCUT2D eigenvalue weighted by Crippen LogP contribution is 2.27. The Balaban J connectivity index is 2.36. The summed E-state index contributed by atoms with van der Waals surface area (Å²) in [6.45, 7) is 5.32. The quantitative estimate of drug-likeness (QED) is 0.851. The Bertz CT molecular complexity index is 419. The third kappa shape index (κ3) is 1.91. The van der Waals surface area contributed by atoms with Crippen molar-refractivity contribution in [2.45, 2.75) is 19.4 Å². The molecule has 1 aliphatic rings. The predicted octanol–water partition coefficient (Wildman–Crippen LogP) is 1.56. The maximum Gasteiger partial charge on any atom is 0.245 e. The van der Waals surface area contributed by atoms with Gasteiger partial charge in [0.25, 0.3) is 0 Å². The number of hydrogen-bond donors (Lipinski definition) is 1. The van der Waals surface area contributed by atoms with E-state index in [1.807, 2.05) is 19.9 Å². The number of carbonyl (C=O) groups is 1. The van der Waals surface area contributed by atoms with Crippen molar-refractivity contribution < 1.29 is 4.79 Å². The Morgan fingerprint density at radius 3 is 2.94 bits per heavy atom. The fourth-order valence-electron chi connectivity index (χ4n) is 1.90. The molecule has 86 valence electrons. The van der Waals surface area contributed by atoms with Gasteiger partial charge in [0.2, 0.25) is 5.91 Å². The van der Waals surface area contributed by atoms with E-state index < -0.39 is 5.54 Å². The number of hydrogen-bond acceptors (Lipinski definition) is 3. The Morgan fingerprint density at radius 1 is 1.50 bits per heavy atom. The summed E-state index contributed by atoms with van der Waals surface area (Å²) in [5.41, 5.74) is 0.440. The zero-order valence-corrected chi connectivity index (χ0v) is 10.9. The number of anilines is 1. The Morgan fingerprint density at radius 2 is 2.25 bits per heavy atom. The van der Waals surface area contributed by atoms with Crippen molar-refractivity contribution in [2.75, 3.05) is 18.0 Å². The minimum Gasteiger partial charge on any atom is -0.354 e. The van der Waals surface area contributed by atoms with Gasteiger partial charge in [-0.25, -0.2) is 0 Å². The van der Waals surface area contributed by atoms with Gasteiger partial charge in [0.15, 0.2) is 0 Å². The molecule has 1 fully saturated rings. The Hall–Kier alpha value is -1.10. The van der Waals surface area contributed by atoms with Crippen LogP contribution in [0.5, 0.6) is 0 Å². The summed E-state index contributed by atoms with van der Waals surface area (Å²) >= 11 is 3.39. The zero-order valence-electron chi connectivity index (χ0n) is 9.33. The van der Waals surface area contributed by atoms with E-state index in [2.05, 4.69) is 31.1 Å². The average Bonchev–Trinajstić information content (AvgIpc) is 2.22. The third-order valence-corrected chi connectivity index (χ3v) is 3.29. The molecule has 1 aromatic rings. The van der Waals surface area contributed by atoms with E-state index in [0.29, 0.717) is 6.54 Å². The van der Waals surface area contributed by atoms with Crippen molar-refractivity contribution in [3.63, 3.8) is 0 Å². The largest absolute Gasteiger partial charge is 0.354 e. The molecule has 0 radical (unpaired) electrons. The highest BCUT2D eigenvalue weighted by molar-refractivity contribution is 9.10. The van der Waals surface area contributed by atoms with Gasteiger partial charge in [-0.15, -0.1) is 0 Å². The van der Waals surface area contributed by atoms with Crippen molar-refractivity contribution in [2.24, 2.45) is 0 Å². The van der Waals surface area contributed by atoms with Gasteiger partial charge in [-0.1, -0.05) is 0 Å². The molecule has 0 unspecified atom stereocenters. The molecule has 1 amide bonds. The van der Waals surface area contributed by atoms with Crippen molar-refractivity contribution in [1.29, 1.82) is 0 Å². The first-order chi connectivity index (χ1) is 7.51. The first-order valence-electron chi connectivity index (χ1n) is 5.18. The van der Waals surface area contributed by atoms with Crippen LogP contribution in [0.3, 0.4) is 0 Å². The number of nitrogens with zero attached hydrogens (tertiary/aromatic N) is 2. The van der Waals surface area contributed by atoms with E-state index in [4.69, 9.17) is 0 Å². The molecule has 0 spiro atoms. The smallest absolute Gasteiger partial charge is 0.245 e. The number of aromatic nitrogens is 1. The summed E-state index contributed by atoms with van der Waals surface area (Å²) in [7, 11) is 0. The number of carbonyl (C=O) groups excluding carboxylic acids is 1. The number of rotatable bonds is 1. The van der Waals surface area contributed by atoms with Gasteiger partial charge >= 0.3 is 0 Å². The van der Waals surface area contributed by atoms with Crippen LogP contribution in [0.15, 0.2) is 22.9 Å². The van der Waals surface area contributed by atoms with Crippen molar-refractivity contribution in [3.05, 3.63) is 22.9 Å². The van der Waals surface area contributed by atoms with Crippen LogP contribution in [0.1, 0.15) is 13.8 Å². The lowest BCUT2D eigenvalue weighted by atomic mass is 9.98. The van der Waals surface area contributed by atoms with Crippen LogP contribution in [-0.2, 0) is 4.79 Å². The van der Waals surface area contributed by atoms with Gasteiger partial charge in [0.05, 0.1) is 11.9 Å².